The first-order valence-electron chi connectivity index (χ1n) is 6.74. The van der Waals surface area contributed by atoms with Gasteiger partial charge in [0.05, 0.1) is 13.5 Å². The molecule has 0 amide bonds. The van der Waals surface area contributed by atoms with E-state index >= 15 is 0 Å². The van der Waals surface area contributed by atoms with Gasteiger partial charge in [-0.15, -0.1) is 0 Å². The molecule has 2 aromatic carbocycles. The normalized spacial score (nSPS) is 10.2. The van der Waals surface area contributed by atoms with E-state index in [1.807, 2.05) is 49.4 Å². The minimum atomic E-state index is -0.235. The quantitative estimate of drug-likeness (QED) is 0.849. The largest absolute Gasteiger partial charge is 0.469 e. The number of rotatable bonds is 5. The van der Waals surface area contributed by atoms with E-state index in [2.05, 4.69) is 5.32 Å². The van der Waals surface area contributed by atoms with Crippen LogP contribution in [0, 0.1) is 6.92 Å². The molecule has 2 rings (SSSR count). The smallest absolute Gasteiger partial charge is 0.309 e. The standard InChI is InChI=1S/C17H18ClNO2/c1-12-15(18)8-5-9-16(12)19-11-14-7-4-3-6-13(14)10-17(20)21-2/h3-9,19H,10-11H2,1-2H3. The number of carbonyl (C=O) groups is 1. The molecule has 110 valence electrons. The molecule has 0 aliphatic rings. The number of methoxy groups -OCH3 is 1. The number of ether oxygens (including phenoxy) is 1. The van der Waals surface area contributed by atoms with E-state index in [1.165, 1.54) is 7.11 Å². The van der Waals surface area contributed by atoms with Crippen LogP contribution >= 0.6 is 11.6 Å². The summed E-state index contributed by atoms with van der Waals surface area (Å²) in [5.74, 6) is -0.235. The summed E-state index contributed by atoms with van der Waals surface area (Å²) in [6.07, 6.45) is 0.281. The number of benzene rings is 2. The Bertz CT molecular complexity index is 640. The van der Waals surface area contributed by atoms with E-state index in [4.69, 9.17) is 16.3 Å². The van der Waals surface area contributed by atoms with Crippen LogP contribution in [0.3, 0.4) is 0 Å². The topological polar surface area (TPSA) is 38.3 Å². The molecular weight excluding hydrogens is 286 g/mol. The molecule has 0 fully saturated rings. The molecule has 0 unspecified atom stereocenters. The molecule has 0 spiro atoms. The van der Waals surface area contributed by atoms with Crippen LogP contribution in [0.2, 0.25) is 5.02 Å². The second-order valence-corrected chi connectivity index (χ2v) is 5.19. The van der Waals surface area contributed by atoms with Crippen LogP contribution in [0.1, 0.15) is 16.7 Å². The van der Waals surface area contributed by atoms with Gasteiger partial charge in [0.25, 0.3) is 0 Å². The zero-order valence-electron chi connectivity index (χ0n) is 12.2. The highest BCUT2D eigenvalue weighted by atomic mass is 35.5. The molecule has 0 heterocycles. The SMILES string of the molecule is COC(=O)Cc1ccccc1CNc1cccc(Cl)c1C. The van der Waals surface area contributed by atoms with Crippen molar-refractivity contribution in [3.05, 3.63) is 64.2 Å². The van der Waals surface area contributed by atoms with Gasteiger partial charge in [0.1, 0.15) is 0 Å². The third kappa shape index (κ3) is 3.99. The Morgan fingerprint density at radius 1 is 1.14 bits per heavy atom. The van der Waals surface area contributed by atoms with Gasteiger partial charge in [0.15, 0.2) is 0 Å². The van der Waals surface area contributed by atoms with Gasteiger partial charge in [0, 0.05) is 17.3 Å². The zero-order chi connectivity index (χ0) is 15.2. The van der Waals surface area contributed by atoms with Crippen LogP contribution in [0.4, 0.5) is 5.69 Å². The van der Waals surface area contributed by atoms with Crippen molar-refractivity contribution in [2.45, 2.75) is 19.9 Å². The molecular formula is C17H18ClNO2. The maximum absolute atomic E-state index is 11.4. The van der Waals surface area contributed by atoms with E-state index < -0.39 is 0 Å². The summed E-state index contributed by atoms with van der Waals surface area (Å²) in [7, 11) is 1.40. The van der Waals surface area contributed by atoms with E-state index in [0.29, 0.717) is 6.54 Å². The molecule has 4 heteroatoms. The number of halogens is 1. The van der Waals surface area contributed by atoms with Gasteiger partial charge in [-0.2, -0.15) is 0 Å². The van der Waals surface area contributed by atoms with E-state index in [9.17, 15) is 4.79 Å². The maximum Gasteiger partial charge on any atom is 0.309 e. The number of anilines is 1. The monoisotopic (exact) mass is 303 g/mol. The third-order valence-electron chi connectivity index (χ3n) is 3.42. The summed E-state index contributed by atoms with van der Waals surface area (Å²) in [6.45, 7) is 2.61. The van der Waals surface area contributed by atoms with Gasteiger partial charge < -0.3 is 10.1 Å². The highest BCUT2D eigenvalue weighted by Gasteiger charge is 2.08. The van der Waals surface area contributed by atoms with Gasteiger partial charge in [-0.05, 0) is 35.7 Å². The van der Waals surface area contributed by atoms with E-state index in [-0.39, 0.29) is 12.4 Å². The lowest BCUT2D eigenvalue weighted by Gasteiger charge is -2.13. The van der Waals surface area contributed by atoms with Gasteiger partial charge >= 0.3 is 5.97 Å². The molecule has 0 saturated heterocycles. The lowest BCUT2D eigenvalue weighted by molar-refractivity contribution is -0.139. The van der Waals surface area contributed by atoms with Crippen LogP contribution in [-0.4, -0.2) is 13.1 Å². The molecule has 0 radical (unpaired) electrons. The van der Waals surface area contributed by atoms with Crippen molar-refractivity contribution < 1.29 is 9.53 Å². The average molecular weight is 304 g/mol. The van der Waals surface area contributed by atoms with Crippen molar-refractivity contribution in [1.82, 2.24) is 0 Å². The fourth-order valence-corrected chi connectivity index (χ4v) is 2.29. The highest BCUT2D eigenvalue weighted by Crippen LogP contribution is 2.23. The summed E-state index contributed by atoms with van der Waals surface area (Å²) in [5.41, 5.74) is 4.05. The van der Waals surface area contributed by atoms with Crippen molar-refractivity contribution >= 4 is 23.3 Å². The van der Waals surface area contributed by atoms with Crippen molar-refractivity contribution in [3.63, 3.8) is 0 Å². The predicted molar refractivity (Wildman–Crippen MR) is 85.7 cm³/mol. The Labute approximate surface area is 129 Å². The van der Waals surface area contributed by atoms with Gasteiger partial charge in [-0.3, -0.25) is 4.79 Å². The van der Waals surface area contributed by atoms with Crippen molar-refractivity contribution in [1.29, 1.82) is 0 Å². The van der Waals surface area contributed by atoms with Crippen LogP contribution in [0.5, 0.6) is 0 Å². The second kappa shape index (κ2) is 7.14. The number of hydrogen-bond acceptors (Lipinski definition) is 3. The summed E-state index contributed by atoms with van der Waals surface area (Å²) < 4.78 is 4.73. The molecule has 2 aromatic rings. The molecule has 0 aliphatic heterocycles. The zero-order valence-corrected chi connectivity index (χ0v) is 12.9. The molecule has 0 saturated carbocycles. The number of nitrogens with one attached hydrogen (secondary N) is 1. The predicted octanol–water partition coefficient (Wildman–Crippen LogP) is 3.98. The fourth-order valence-electron chi connectivity index (χ4n) is 2.12. The minimum Gasteiger partial charge on any atom is -0.469 e. The molecule has 0 atom stereocenters. The van der Waals surface area contributed by atoms with Crippen molar-refractivity contribution in [3.8, 4) is 0 Å². The lowest BCUT2D eigenvalue weighted by Crippen LogP contribution is -2.09. The number of carbonyl (C=O) groups excluding carboxylic acids is 1. The van der Waals surface area contributed by atoms with Gasteiger partial charge in [-0.1, -0.05) is 41.9 Å². The number of esters is 1. The van der Waals surface area contributed by atoms with Crippen molar-refractivity contribution in [2.75, 3.05) is 12.4 Å². The van der Waals surface area contributed by atoms with E-state index in [1.54, 1.807) is 0 Å². The molecule has 0 aromatic heterocycles. The first-order valence-corrected chi connectivity index (χ1v) is 7.12. The van der Waals surface area contributed by atoms with Crippen LogP contribution in [0.15, 0.2) is 42.5 Å². The third-order valence-corrected chi connectivity index (χ3v) is 3.83. The second-order valence-electron chi connectivity index (χ2n) is 4.79. The Balaban J connectivity index is 2.13. The first-order chi connectivity index (χ1) is 10.1. The van der Waals surface area contributed by atoms with Crippen LogP contribution in [0.25, 0.3) is 0 Å². The fraction of sp³-hybridized carbons (Fsp3) is 0.235. The maximum atomic E-state index is 11.4. The Hall–Kier alpha value is -2.00. The van der Waals surface area contributed by atoms with Gasteiger partial charge in [0.2, 0.25) is 0 Å². The van der Waals surface area contributed by atoms with E-state index in [0.717, 1.165) is 27.4 Å². The van der Waals surface area contributed by atoms with Crippen LogP contribution in [-0.2, 0) is 22.5 Å². The van der Waals surface area contributed by atoms with Crippen molar-refractivity contribution in [2.24, 2.45) is 0 Å². The summed E-state index contributed by atoms with van der Waals surface area (Å²) >= 11 is 6.11. The average Bonchev–Trinajstić information content (AvgIpc) is 2.50. The molecule has 3 nitrogen and oxygen atoms in total. The first kappa shape index (κ1) is 15.4. The summed E-state index contributed by atoms with van der Waals surface area (Å²) in [4.78, 5) is 11.4. The summed E-state index contributed by atoms with van der Waals surface area (Å²) in [5, 5.41) is 4.10. The molecule has 21 heavy (non-hydrogen) atoms. The lowest BCUT2D eigenvalue weighted by atomic mass is 10.0. The Morgan fingerprint density at radius 2 is 1.86 bits per heavy atom. The van der Waals surface area contributed by atoms with Crippen LogP contribution < -0.4 is 5.32 Å². The number of hydrogen-bond donors (Lipinski definition) is 1. The van der Waals surface area contributed by atoms with Gasteiger partial charge in [-0.25, -0.2) is 0 Å². The highest BCUT2D eigenvalue weighted by molar-refractivity contribution is 6.31. The molecule has 0 bridgehead atoms. The Kier molecular flexibility index (Phi) is 5.23. The summed E-state index contributed by atoms with van der Waals surface area (Å²) in [6, 6.07) is 13.6. The molecule has 1 N–H and O–H groups in total. The molecule has 0 aliphatic carbocycles. The Morgan fingerprint density at radius 3 is 2.57 bits per heavy atom. The minimum absolute atomic E-state index is 0.235.